The maximum atomic E-state index is 10.4. The predicted octanol–water partition coefficient (Wildman–Crippen LogP) is 2.36. The van der Waals surface area contributed by atoms with Crippen molar-refractivity contribution in [3.8, 4) is 0 Å². The van der Waals surface area contributed by atoms with Gasteiger partial charge in [0.1, 0.15) is 5.44 Å². The van der Waals surface area contributed by atoms with Gasteiger partial charge < -0.3 is 4.74 Å². The van der Waals surface area contributed by atoms with Gasteiger partial charge in [-0.1, -0.05) is 0 Å². The Labute approximate surface area is 85.4 Å². The number of hydrogen-bond acceptors (Lipinski definition) is 4. The number of hydrogen-bond donors (Lipinski definition) is 0. The number of rotatable bonds is 2. The Bertz CT molecular complexity index is 332. The quantitative estimate of drug-likeness (QED) is 0.556. The van der Waals surface area contributed by atoms with Gasteiger partial charge in [0.25, 0.3) is 5.69 Å². The summed E-state index contributed by atoms with van der Waals surface area (Å²) in [6, 6.07) is 6.53. The summed E-state index contributed by atoms with van der Waals surface area (Å²) in [6.07, 6.45) is 0. The molecule has 0 radical (unpaired) electrons. The van der Waals surface area contributed by atoms with Crippen LogP contribution in [0.3, 0.4) is 0 Å². The summed E-state index contributed by atoms with van der Waals surface area (Å²) in [5.74, 6) is 0.988. The van der Waals surface area contributed by atoms with Gasteiger partial charge in [-0.15, -0.1) is 11.8 Å². The number of thioether (sulfide) groups is 1. The van der Waals surface area contributed by atoms with Gasteiger partial charge in [-0.3, -0.25) is 10.1 Å². The van der Waals surface area contributed by atoms with Gasteiger partial charge in [-0.2, -0.15) is 0 Å². The van der Waals surface area contributed by atoms with Crippen molar-refractivity contribution in [2.24, 2.45) is 0 Å². The van der Waals surface area contributed by atoms with Crippen LogP contribution < -0.4 is 0 Å². The highest BCUT2D eigenvalue weighted by atomic mass is 32.2. The number of nitro benzene ring substituents is 1. The zero-order chi connectivity index (χ0) is 9.97. The lowest BCUT2D eigenvalue weighted by molar-refractivity contribution is -0.384. The molecule has 1 aliphatic heterocycles. The smallest absolute Gasteiger partial charge is 0.269 e. The molecule has 0 saturated carbocycles. The van der Waals surface area contributed by atoms with Crippen LogP contribution >= 0.6 is 11.8 Å². The largest absolute Gasteiger partial charge is 0.362 e. The molecule has 14 heavy (non-hydrogen) atoms. The van der Waals surface area contributed by atoms with Crippen LogP contribution in [0.5, 0.6) is 0 Å². The maximum Gasteiger partial charge on any atom is 0.269 e. The van der Waals surface area contributed by atoms with Crippen molar-refractivity contribution < 1.29 is 9.66 Å². The van der Waals surface area contributed by atoms with Gasteiger partial charge in [0, 0.05) is 17.9 Å². The van der Waals surface area contributed by atoms with Crippen molar-refractivity contribution in [3.05, 3.63) is 39.9 Å². The average molecular weight is 211 g/mol. The van der Waals surface area contributed by atoms with Crippen LogP contribution in [0.25, 0.3) is 0 Å². The van der Waals surface area contributed by atoms with E-state index in [0.29, 0.717) is 0 Å². The van der Waals surface area contributed by atoms with E-state index in [4.69, 9.17) is 4.74 Å². The molecule has 5 heteroatoms. The fourth-order valence-electron chi connectivity index (χ4n) is 1.30. The molecule has 0 aliphatic carbocycles. The normalized spacial score (nSPS) is 21.0. The van der Waals surface area contributed by atoms with Crippen LogP contribution in [-0.4, -0.2) is 17.3 Å². The highest BCUT2D eigenvalue weighted by Crippen LogP contribution is 2.35. The summed E-state index contributed by atoms with van der Waals surface area (Å²) in [4.78, 5) is 10.0. The van der Waals surface area contributed by atoms with Gasteiger partial charge in [0.2, 0.25) is 0 Å². The van der Waals surface area contributed by atoms with Gasteiger partial charge in [-0.25, -0.2) is 0 Å². The molecule has 4 nitrogen and oxygen atoms in total. The minimum absolute atomic E-state index is 0.0517. The lowest BCUT2D eigenvalue weighted by atomic mass is 10.2. The van der Waals surface area contributed by atoms with Crippen molar-refractivity contribution in [2.45, 2.75) is 5.44 Å². The summed E-state index contributed by atoms with van der Waals surface area (Å²) < 4.78 is 5.43. The van der Waals surface area contributed by atoms with E-state index in [1.54, 1.807) is 23.9 Å². The molecule has 1 fully saturated rings. The zero-order valence-corrected chi connectivity index (χ0v) is 8.20. The van der Waals surface area contributed by atoms with Crippen molar-refractivity contribution in [3.63, 3.8) is 0 Å². The Morgan fingerprint density at radius 1 is 1.43 bits per heavy atom. The molecule has 1 unspecified atom stereocenters. The number of non-ortho nitro benzene ring substituents is 1. The van der Waals surface area contributed by atoms with Gasteiger partial charge in [0.15, 0.2) is 0 Å². The van der Waals surface area contributed by atoms with E-state index in [1.165, 1.54) is 12.1 Å². The molecule has 0 N–H and O–H groups in total. The molecule has 0 spiro atoms. The number of ether oxygens (including phenoxy) is 1. The molecule has 1 atom stereocenters. The average Bonchev–Trinajstić information content (AvgIpc) is 2.71. The summed E-state index contributed by atoms with van der Waals surface area (Å²) in [5, 5.41) is 10.4. The molecule has 0 bridgehead atoms. The van der Waals surface area contributed by atoms with Crippen molar-refractivity contribution in [1.82, 2.24) is 0 Å². The monoisotopic (exact) mass is 211 g/mol. The number of nitrogens with zero attached hydrogens (tertiary/aromatic N) is 1. The van der Waals surface area contributed by atoms with Crippen LogP contribution in [0.1, 0.15) is 11.0 Å². The van der Waals surface area contributed by atoms with Crippen LogP contribution in [0.4, 0.5) is 5.69 Å². The van der Waals surface area contributed by atoms with Crippen molar-refractivity contribution >= 4 is 17.4 Å². The summed E-state index contributed by atoms with van der Waals surface area (Å²) in [6.45, 7) is 0.756. The first-order valence-electron chi connectivity index (χ1n) is 4.25. The first-order chi connectivity index (χ1) is 6.77. The Balaban J connectivity index is 2.16. The first-order valence-corrected chi connectivity index (χ1v) is 5.30. The van der Waals surface area contributed by atoms with Crippen LogP contribution in [0.2, 0.25) is 0 Å². The Hall–Kier alpha value is -1.07. The Morgan fingerprint density at radius 2 is 2.14 bits per heavy atom. The molecule has 1 saturated heterocycles. The molecule has 0 aromatic heterocycles. The Kier molecular flexibility index (Phi) is 2.69. The molecule has 1 aromatic rings. The highest BCUT2D eigenvalue weighted by Gasteiger charge is 2.18. The summed E-state index contributed by atoms with van der Waals surface area (Å²) in [7, 11) is 0. The Morgan fingerprint density at radius 3 is 2.64 bits per heavy atom. The zero-order valence-electron chi connectivity index (χ0n) is 7.38. The first kappa shape index (κ1) is 9.48. The van der Waals surface area contributed by atoms with E-state index in [0.717, 1.165) is 17.9 Å². The van der Waals surface area contributed by atoms with Gasteiger partial charge in [0.05, 0.1) is 11.5 Å². The minimum Gasteiger partial charge on any atom is -0.362 e. The van der Waals surface area contributed by atoms with Gasteiger partial charge in [-0.05, 0) is 17.7 Å². The molecular formula is C9H9NO3S. The predicted molar refractivity (Wildman–Crippen MR) is 54.2 cm³/mol. The molecule has 1 aromatic carbocycles. The minimum atomic E-state index is -0.396. The topological polar surface area (TPSA) is 52.4 Å². The van der Waals surface area contributed by atoms with E-state index in [9.17, 15) is 10.1 Å². The fraction of sp³-hybridized carbons (Fsp3) is 0.333. The molecular weight excluding hydrogens is 202 g/mol. The molecule has 1 aliphatic rings. The second-order valence-corrected chi connectivity index (χ2v) is 4.09. The third-order valence-corrected chi connectivity index (χ3v) is 3.11. The third kappa shape index (κ3) is 1.88. The van der Waals surface area contributed by atoms with E-state index in [1.807, 2.05) is 0 Å². The van der Waals surface area contributed by atoms with E-state index < -0.39 is 4.92 Å². The molecule has 2 rings (SSSR count). The SMILES string of the molecule is O=[N+]([O-])c1ccc(C2OCCS2)cc1. The molecule has 74 valence electrons. The lowest BCUT2D eigenvalue weighted by Crippen LogP contribution is -1.93. The lowest BCUT2D eigenvalue weighted by Gasteiger charge is -2.07. The highest BCUT2D eigenvalue weighted by molar-refractivity contribution is 7.99. The fourth-order valence-corrected chi connectivity index (χ4v) is 2.25. The molecule has 1 heterocycles. The second kappa shape index (κ2) is 3.98. The standard InChI is InChI=1S/C9H9NO3S/c11-10(12)8-3-1-7(2-4-8)9-13-5-6-14-9/h1-4,9H,5-6H2. The number of benzene rings is 1. The van der Waals surface area contributed by atoms with Crippen molar-refractivity contribution in [1.29, 1.82) is 0 Å². The van der Waals surface area contributed by atoms with E-state index in [-0.39, 0.29) is 11.1 Å². The second-order valence-electron chi connectivity index (χ2n) is 2.92. The van der Waals surface area contributed by atoms with Crippen LogP contribution in [0.15, 0.2) is 24.3 Å². The third-order valence-electron chi connectivity index (χ3n) is 2.00. The molecule has 0 amide bonds. The summed E-state index contributed by atoms with van der Waals surface area (Å²) in [5.41, 5.74) is 1.17. The van der Waals surface area contributed by atoms with E-state index in [2.05, 4.69) is 0 Å². The van der Waals surface area contributed by atoms with Gasteiger partial charge >= 0.3 is 0 Å². The van der Waals surface area contributed by atoms with Crippen LogP contribution in [0, 0.1) is 10.1 Å². The summed E-state index contributed by atoms with van der Waals surface area (Å²) >= 11 is 1.72. The van der Waals surface area contributed by atoms with Crippen LogP contribution in [-0.2, 0) is 4.74 Å². The maximum absolute atomic E-state index is 10.4. The van der Waals surface area contributed by atoms with Crippen molar-refractivity contribution in [2.75, 3.05) is 12.4 Å². The van der Waals surface area contributed by atoms with E-state index >= 15 is 0 Å². The number of nitro groups is 1.